The van der Waals surface area contributed by atoms with E-state index in [1.54, 1.807) is 20.8 Å². The maximum atomic E-state index is 12.8. The third-order valence-corrected chi connectivity index (χ3v) is 5.82. The first-order chi connectivity index (χ1) is 14.2. The minimum Gasteiger partial charge on any atom is -0.442 e. The van der Waals surface area contributed by atoms with Gasteiger partial charge in [-0.2, -0.15) is 18.2 Å². The number of benzene rings is 1. The molecule has 1 aliphatic carbocycles. The molecule has 31 heavy (non-hydrogen) atoms. The number of hydrogen-bond acceptors (Lipinski definition) is 6. The van der Waals surface area contributed by atoms with Gasteiger partial charge in [-0.25, -0.2) is 13.2 Å². The van der Waals surface area contributed by atoms with Crippen molar-refractivity contribution in [2.75, 3.05) is 12.4 Å². The van der Waals surface area contributed by atoms with Gasteiger partial charge in [-0.05, 0) is 51.8 Å². The van der Waals surface area contributed by atoms with Crippen LogP contribution in [0, 0.1) is 5.92 Å². The lowest BCUT2D eigenvalue weighted by Gasteiger charge is -2.19. The molecular weight excluding hydrogens is 441 g/mol. The lowest BCUT2D eigenvalue weighted by Crippen LogP contribution is -2.32. The molecule has 1 aromatic rings. The number of methoxy groups -OCH3 is 1. The van der Waals surface area contributed by atoms with Crippen molar-refractivity contribution in [1.29, 1.82) is 0 Å². The van der Waals surface area contributed by atoms with Crippen LogP contribution in [0.15, 0.2) is 34.2 Å². The van der Waals surface area contributed by atoms with Gasteiger partial charge < -0.3 is 14.8 Å². The Hall–Kier alpha value is -2.47. The number of carbonyl (C=O) groups excluding carboxylic acids is 2. The maximum absolute atomic E-state index is 12.8. The van der Waals surface area contributed by atoms with Crippen molar-refractivity contribution in [2.24, 2.45) is 10.9 Å². The number of nitrogens with one attached hydrogen (secondary N) is 1. The van der Waals surface area contributed by atoms with Crippen LogP contribution in [0.4, 0.5) is 23.7 Å². The van der Waals surface area contributed by atoms with E-state index in [0.29, 0.717) is 12.5 Å². The second-order valence-electron chi connectivity index (χ2n) is 7.84. The fourth-order valence-corrected chi connectivity index (χ4v) is 3.79. The molecule has 0 spiro atoms. The highest BCUT2D eigenvalue weighted by Gasteiger charge is 2.47. The van der Waals surface area contributed by atoms with Crippen molar-refractivity contribution in [1.82, 2.24) is 0 Å². The Bertz CT molecular complexity index is 983. The highest BCUT2D eigenvalue weighted by molar-refractivity contribution is 7.92. The fourth-order valence-electron chi connectivity index (χ4n) is 2.99. The van der Waals surface area contributed by atoms with Crippen LogP contribution < -0.4 is 5.32 Å². The van der Waals surface area contributed by atoms with Gasteiger partial charge in [0.05, 0.1) is 22.6 Å². The van der Waals surface area contributed by atoms with Crippen LogP contribution in [0.2, 0.25) is 0 Å². The average molecular weight is 464 g/mol. The summed E-state index contributed by atoms with van der Waals surface area (Å²) in [7, 11) is -4.18. The quantitative estimate of drug-likeness (QED) is 0.727. The van der Waals surface area contributed by atoms with E-state index >= 15 is 0 Å². The first-order valence-electron chi connectivity index (χ1n) is 9.22. The second kappa shape index (κ2) is 8.95. The first kappa shape index (κ1) is 24.8. The predicted molar refractivity (Wildman–Crippen MR) is 106 cm³/mol. The molecule has 0 heterocycles. The fraction of sp³-hybridized carbons (Fsp3) is 0.526. The van der Waals surface area contributed by atoms with Crippen LogP contribution in [0.25, 0.3) is 0 Å². The molecule has 2 atom stereocenters. The molecule has 0 radical (unpaired) electrons. The highest BCUT2D eigenvalue weighted by Crippen LogP contribution is 2.32. The number of ether oxygens (including phenoxy) is 2. The summed E-state index contributed by atoms with van der Waals surface area (Å²) in [5.41, 5.74) is -6.29. The van der Waals surface area contributed by atoms with Crippen LogP contribution >= 0.6 is 0 Å². The van der Waals surface area contributed by atoms with Crippen LogP contribution in [-0.4, -0.2) is 50.5 Å². The molecule has 0 aromatic heterocycles. The third kappa shape index (κ3) is 6.03. The van der Waals surface area contributed by atoms with Gasteiger partial charge in [0.15, 0.2) is 0 Å². The molecule has 1 aliphatic rings. The SMILES string of the molecule is CO[C@H]1CC[C@H](C(=O)Nc2cccc(S(=O)(=O)C(F)(F)F)c2)/C1=N/C(=O)OC(C)(C)C. The molecule has 1 saturated carbocycles. The third-order valence-electron chi connectivity index (χ3n) is 4.34. The molecule has 2 rings (SSSR count). The van der Waals surface area contributed by atoms with Crippen molar-refractivity contribution >= 4 is 33.2 Å². The zero-order chi connectivity index (χ0) is 23.6. The zero-order valence-electron chi connectivity index (χ0n) is 17.3. The van der Waals surface area contributed by atoms with Gasteiger partial charge in [-0.15, -0.1) is 0 Å². The van der Waals surface area contributed by atoms with Crippen molar-refractivity contribution in [3.05, 3.63) is 24.3 Å². The summed E-state index contributed by atoms with van der Waals surface area (Å²) in [4.78, 5) is 27.7. The molecule has 0 saturated heterocycles. The average Bonchev–Trinajstić information content (AvgIpc) is 3.01. The minimum atomic E-state index is -5.57. The van der Waals surface area contributed by atoms with Crippen molar-refractivity contribution in [3.8, 4) is 0 Å². The molecular formula is C19H23F3N2O6S. The summed E-state index contributed by atoms with van der Waals surface area (Å²) in [6, 6.07) is 3.83. The molecule has 0 unspecified atom stereocenters. The largest absolute Gasteiger partial charge is 0.501 e. The lowest BCUT2D eigenvalue weighted by atomic mass is 10.0. The molecule has 1 fully saturated rings. The molecule has 12 heteroatoms. The van der Waals surface area contributed by atoms with Gasteiger partial charge in [0, 0.05) is 12.8 Å². The lowest BCUT2D eigenvalue weighted by molar-refractivity contribution is -0.118. The van der Waals surface area contributed by atoms with Crippen LogP contribution in [-0.2, 0) is 24.1 Å². The Kier molecular flexibility index (Phi) is 7.16. The number of anilines is 1. The second-order valence-corrected chi connectivity index (χ2v) is 9.78. The Morgan fingerprint density at radius 3 is 2.35 bits per heavy atom. The van der Waals surface area contributed by atoms with E-state index in [9.17, 15) is 31.2 Å². The number of aliphatic imine (C=N–C) groups is 1. The van der Waals surface area contributed by atoms with E-state index in [1.807, 2.05) is 0 Å². The van der Waals surface area contributed by atoms with E-state index in [1.165, 1.54) is 13.2 Å². The Morgan fingerprint density at radius 2 is 1.81 bits per heavy atom. The summed E-state index contributed by atoms with van der Waals surface area (Å²) >= 11 is 0. The predicted octanol–water partition coefficient (Wildman–Crippen LogP) is 3.72. The smallest absolute Gasteiger partial charge is 0.442 e. The summed E-state index contributed by atoms with van der Waals surface area (Å²) in [5, 5.41) is 2.38. The van der Waals surface area contributed by atoms with E-state index in [2.05, 4.69) is 10.3 Å². The standard InChI is InChI=1S/C19H23F3N2O6S/c1-18(2,3)30-17(26)24-15-13(8-9-14(15)29-4)16(25)23-11-6-5-7-12(10-11)31(27,28)19(20,21)22/h5-7,10,13-14H,8-9H2,1-4H3,(H,23,25)/b24-15-/t13-,14-/m0/s1. The number of hydrogen-bond donors (Lipinski definition) is 1. The number of alkyl halides is 3. The van der Waals surface area contributed by atoms with Crippen molar-refractivity contribution in [3.63, 3.8) is 0 Å². The highest BCUT2D eigenvalue weighted by atomic mass is 32.2. The zero-order valence-corrected chi connectivity index (χ0v) is 18.1. The maximum Gasteiger partial charge on any atom is 0.501 e. The van der Waals surface area contributed by atoms with Gasteiger partial charge in [0.25, 0.3) is 9.84 Å². The Morgan fingerprint density at radius 1 is 1.16 bits per heavy atom. The number of carbonyl (C=O) groups is 2. The van der Waals surface area contributed by atoms with Gasteiger partial charge in [-0.1, -0.05) is 6.07 Å². The number of halogens is 3. The first-order valence-corrected chi connectivity index (χ1v) is 10.7. The van der Waals surface area contributed by atoms with E-state index in [-0.39, 0.29) is 17.8 Å². The monoisotopic (exact) mass is 464 g/mol. The van der Waals surface area contributed by atoms with Gasteiger partial charge in [0.2, 0.25) is 5.91 Å². The number of nitrogens with zero attached hydrogens (tertiary/aromatic N) is 1. The molecule has 1 N–H and O–H groups in total. The normalized spacial score (nSPS) is 21.2. The van der Waals surface area contributed by atoms with Crippen LogP contribution in [0.5, 0.6) is 0 Å². The number of rotatable bonds is 4. The van der Waals surface area contributed by atoms with E-state index < -0.39 is 49.9 Å². The summed E-state index contributed by atoms with van der Waals surface area (Å²) in [6.45, 7) is 4.96. The molecule has 1 aromatic carbocycles. The molecule has 0 bridgehead atoms. The molecule has 172 valence electrons. The van der Waals surface area contributed by atoms with Gasteiger partial charge >= 0.3 is 11.6 Å². The van der Waals surface area contributed by atoms with Crippen molar-refractivity contribution < 1.29 is 40.7 Å². The van der Waals surface area contributed by atoms with E-state index in [0.717, 1.165) is 12.1 Å². The molecule has 2 amide bonds. The van der Waals surface area contributed by atoms with Crippen molar-refractivity contribution in [2.45, 2.75) is 55.7 Å². The summed E-state index contributed by atoms with van der Waals surface area (Å²) < 4.78 is 71.9. The topological polar surface area (TPSA) is 111 Å². The van der Waals surface area contributed by atoms with Gasteiger partial charge in [0.1, 0.15) is 5.60 Å². The molecule has 8 nitrogen and oxygen atoms in total. The van der Waals surface area contributed by atoms with E-state index in [4.69, 9.17) is 9.47 Å². The Labute approximate surface area is 177 Å². The number of sulfone groups is 1. The Balaban J connectivity index is 2.26. The molecule has 0 aliphatic heterocycles. The minimum absolute atomic E-state index is 0.133. The number of amides is 2. The summed E-state index contributed by atoms with van der Waals surface area (Å²) in [5.74, 6) is -1.57. The van der Waals surface area contributed by atoms with Crippen LogP contribution in [0.1, 0.15) is 33.6 Å². The van der Waals surface area contributed by atoms with Gasteiger partial charge in [-0.3, -0.25) is 4.79 Å². The van der Waals surface area contributed by atoms with Crippen LogP contribution in [0.3, 0.4) is 0 Å². The summed E-state index contributed by atoms with van der Waals surface area (Å²) in [6.07, 6.45) is -0.853.